The van der Waals surface area contributed by atoms with Crippen molar-refractivity contribution < 1.29 is 9.13 Å². The third-order valence-corrected chi connectivity index (χ3v) is 4.36. The van der Waals surface area contributed by atoms with Crippen LogP contribution in [0.15, 0.2) is 34.1 Å². The third kappa shape index (κ3) is 4.30. The van der Waals surface area contributed by atoms with Crippen LogP contribution in [0.5, 0.6) is 5.75 Å². The zero-order chi connectivity index (χ0) is 13.7. The number of hydrogen-bond donors (Lipinski definition) is 1. The van der Waals surface area contributed by atoms with Crippen LogP contribution < -0.4 is 10.1 Å². The monoisotopic (exact) mass is 343 g/mol. The molecule has 19 heavy (non-hydrogen) atoms. The summed E-state index contributed by atoms with van der Waals surface area (Å²) in [6.07, 6.45) is 0. The maximum atomic E-state index is 13.2. The van der Waals surface area contributed by atoms with Crippen molar-refractivity contribution in [2.45, 2.75) is 13.5 Å². The average molecular weight is 344 g/mol. The smallest absolute Gasteiger partial charge is 0.141 e. The summed E-state index contributed by atoms with van der Waals surface area (Å²) >= 11 is 4.86. The lowest BCUT2D eigenvalue weighted by molar-refractivity contribution is 0.312. The summed E-state index contributed by atoms with van der Waals surface area (Å²) in [4.78, 5) is 1.34. The molecule has 2 aromatic rings. The molecule has 0 aliphatic carbocycles. The summed E-state index contributed by atoms with van der Waals surface area (Å²) in [6.45, 7) is 4.21. The van der Waals surface area contributed by atoms with E-state index >= 15 is 0 Å². The van der Waals surface area contributed by atoms with Gasteiger partial charge in [0.1, 0.15) is 18.2 Å². The molecule has 2 nitrogen and oxygen atoms in total. The molecular weight excluding hydrogens is 329 g/mol. The maximum Gasteiger partial charge on any atom is 0.141 e. The van der Waals surface area contributed by atoms with Crippen LogP contribution in [0, 0.1) is 12.7 Å². The summed E-state index contributed by atoms with van der Waals surface area (Å²) in [5.74, 6) is 0.245. The van der Waals surface area contributed by atoms with Gasteiger partial charge in [-0.3, -0.25) is 0 Å². The van der Waals surface area contributed by atoms with E-state index in [1.165, 1.54) is 16.5 Å². The molecule has 1 N–H and O–H groups in total. The van der Waals surface area contributed by atoms with Crippen LogP contribution in [0.1, 0.15) is 10.4 Å². The maximum absolute atomic E-state index is 13.2. The molecule has 0 atom stereocenters. The van der Waals surface area contributed by atoms with Crippen LogP contribution in [0.2, 0.25) is 0 Å². The minimum absolute atomic E-state index is 0.306. The minimum atomic E-state index is -0.306. The van der Waals surface area contributed by atoms with E-state index in [-0.39, 0.29) is 5.82 Å². The van der Waals surface area contributed by atoms with Crippen molar-refractivity contribution in [3.05, 3.63) is 50.4 Å². The molecule has 0 spiro atoms. The lowest BCUT2D eigenvalue weighted by Crippen LogP contribution is -2.20. The fraction of sp³-hybridized carbons (Fsp3) is 0.286. The third-order valence-electron chi connectivity index (χ3n) is 2.69. The minimum Gasteiger partial charge on any atom is -0.492 e. The second-order valence-electron chi connectivity index (χ2n) is 4.13. The van der Waals surface area contributed by atoms with Gasteiger partial charge in [-0.25, -0.2) is 4.39 Å². The Morgan fingerprint density at radius 2 is 2.21 bits per heavy atom. The van der Waals surface area contributed by atoms with E-state index in [2.05, 4.69) is 39.6 Å². The van der Waals surface area contributed by atoms with E-state index in [0.29, 0.717) is 16.8 Å². The first-order chi connectivity index (χ1) is 9.16. The molecule has 1 aromatic carbocycles. The highest BCUT2D eigenvalue weighted by Gasteiger charge is 2.02. The highest BCUT2D eigenvalue weighted by Crippen LogP contribution is 2.20. The lowest BCUT2D eigenvalue weighted by Gasteiger charge is -2.08. The summed E-state index contributed by atoms with van der Waals surface area (Å²) < 4.78 is 19.2. The average Bonchev–Trinajstić information content (AvgIpc) is 2.79. The van der Waals surface area contributed by atoms with E-state index in [1.54, 1.807) is 23.5 Å². The predicted molar refractivity (Wildman–Crippen MR) is 80.4 cm³/mol. The van der Waals surface area contributed by atoms with Gasteiger partial charge < -0.3 is 10.1 Å². The number of benzene rings is 1. The van der Waals surface area contributed by atoms with Crippen molar-refractivity contribution in [2.75, 3.05) is 13.2 Å². The van der Waals surface area contributed by atoms with Crippen LogP contribution in [0.25, 0.3) is 0 Å². The highest BCUT2D eigenvalue weighted by atomic mass is 79.9. The van der Waals surface area contributed by atoms with Crippen molar-refractivity contribution in [3.63, 3.8) is 0 Å². The number of hydrogen-bond acceptors (Lipinski definition) is 3. The quantitative estimate of drug-likeness (QED) is 0.796. The fourth-order valence-corrected chi connectivity index (χ4v) is 2.72. The van der Waals surface area contributed by atoms with Crippen LogP contribution in [0.4, 0.5) is 4.39 Å². The van der Waals surface area contributed by atoms with Gasteiger partial charge in [-0.15, -0.1) is 11.3 Å². The van der Waals surface area contributed by atoms with Crippen molar-refractivity contribution >= 4 is 27.3 Å². The SMILES string of the molecule is Cc1ccsc1CNCCOc1ccc(Br)c(F)c1. The highest BCUT2D eigenvalue weighted by molar-refractivity contribution is 9.10. The Hall–Kier alpha value is -0.910. The number of ether oxygens (including phenoxy) is 1. The molecule has 0 bridgehead atoms. The van der Waals surface area contributed by atoms with Crippen molar-refractivity contribution in [3.8, 4) is 5.75 Å². The molecule has 0 fully saturated rings. The van der Waals surface area contributed by atoms with Gasteiger partial charge in [0.25, 0.3) is 0 Å². The lowest BCUT2D eigenvalue weighted by atomic mass is 10.3. The largest absolute Gasteiger partial charge is 0.492 e. The van der Waals surface area contributed by atoms with Crippen molar-refractivity contribution in [2.24, 2.45) is 0 Å². The van der Waals surface area contributed by atoms with Gasteiger partial charge in [0, 0.05) is 24.0 Å². The zero-order valence-corrected chi connectivity index (χ0v) is 13.0. The number of halogens is 2. The Kier molecular flexibility index (Phi) is 5.36. The van der Waals surface area contributed by atoms with Gasteiger partial charge in [-0.05, 0) is 52.0 Å². The zero-order valence-electron chi connectivity index (χ0n) is 10.6. The Morgan fingerprint density at radius 3 is 2.89 bits per heavy atom. The molecule has 0 saturated heterocycles. The number of thiophene rings is 1. The number of nitrogens with one attached hydrogen (secondary N) is 1. The molecular formula is C14H15BrFNOS. The van der Waals surface area contributed by atoms with Gasteiger partial charge in [-0.1, -0.05) is 0 Å². The number of rotatable bonds is 6. The molecule has 5 heteroatoms. The summed E-state index contributed by atoms with van der Waals surface area (Å²) in [6, 6.07) is 6.89. The molecule has 1 aromatic heterocycles. The van der Waals surface area contributed by atoms with Gasteiger partial charge in [0.15, 0.2) is 0 Å². The molecule has 0 amide bonds. The van der Waals surface area contributed by atoms with E-state index in [0.717, 1.165) is 13.1 Å². The van der Waals surface area contributed by atoms with Gasteiger partial charge in [-0.2, -0.15) is 0 Å². The van der Waals surface area contributed by atoms with Crippen molar-refractivity contribution in [1.29, 1.82) is 0 Å². The van der Waals surface area contributed by atoms with Crippen LogP contribution in [-0.2, 0) is 6.54 Å². The topological polar surface area (TPSA) is 21.3 Å². The molecule has 0 radical (unpaired) electrons. The van der Waals surface area contributed by atoms with E-state index in [1.807, 2.05) is 0 Å². The van der Waals surface area contributed by atoms with Crippen molar-refractivity contribution in [1.82, 2.24) is 5.32 Å². The first kappa shape index (κ1) is 14.5. The Balaban J connectivity index is 1.69. The molecule has 102 valence electrons. The van der Waals surface area contributed by atoms with E-state index in [4.69, 9.17) is 4.74 Å². The van der Waals surface area contributed by atoms with Crippen LogP contribution >= 0.6 is 27.3 Å². The number of aryl methyl sites for hydroxylation is 1. The Morgan fingerprint density at radius 1 is 1.37 bits per heavy atom. The molecule has 0 aliphatic heterocycles. The second-order valence-corrected chi connectivity index (χ2v) is 5.98. The molecule has 2 rings (SSSR count). The summed E-state index contributed by atoms with van der Waals surface area (Å²) in [5, 5.41) is 5.40. The van der Waals surface area contributed by atoms with E-state index in [9.17, 15) is 4.39 Å². The standard InChI is InChI=1S/C14H15BrFNOS/c1-10-4-7-19-14(10)9-17-5-6-18-11-2-3-12(15)13(16)8-11/h2-4,7-8,17H,5-6,9H2,1H3. The van der Waals surface area contributed by atoms with Crippen LogP contribution in [0.3, 0.4) is 0 Å². The van der Waals surface area contributed by atoms with Crippen LogP contribution in [-0.4, -0.2) is 13.2 Å². The summed E-state index contributed by atoms with van der Waals surface area (Å²) in [7, 11) is 0. The van der Waals surface area contributed by atoms with E-state index < -0.39 is 0 Å². The van der Waals surface area contributed by atoms with Gasteiger partial charge in [0.2, 0.25) is 0 Å². The predicted octanol–water partition coefficient (Wildman–Crippen LogP) is 4.13. The molecule has 0 unspecified atom stereocenters. The molecule has 0 saturated carbocycles. The fourth-order valence-electron chi connectivity index (χ4n) is 1.59. The first-order valence-corrected chi connectivity index (χ1v) is 7.65. The molecule has 1 heterocycles. The van der Waals surface area contributed by atoms with Gasteiger partial charge >= 0.3 is 0 Å². The first-order valence-electron chi connectivity index (χ1n) is 5.98. The summed E-state index contributed by atoms with van der Waals surface area (Å²) in [5.41, 5.74) is 1.31. The second kappa shape index (κ2) is 7.03. The van der Waals surface area contributed by atoms with Gasteiger partial charge in [0.05, 0.1) is 4.47 Å². The normalized spacial score (nSPS) is 10.7. The Bertz CT molecular complexity index is 544. The molecule has 0 aliphatic rings. The Labute approximate surface area is 124 Å².